The van der Waals surface area contributed by atoms with Gasteiger partial charge in [0.1, 0.15) is 6.10 Å². The van der Waals surface area contributed by atoms with Crippen LogP contribution in [0.1, 0.15) is 24.8 Å². The fourth-order valence-corrected chi connectivity index (χ4v) is 2.66. The van der Waals surface area contributed by atoms with Gasteiger partial charge in [0.15, 0.2) is 0 Å². The van der Waals surface area contributed by atoms with E-state index in [2.05, 4.69) is 15.0 Å². The number of ether oxygens (including phenoxy) is 2. The van der Waals surface area contributed by atoms with Crippen molar-refractivity contribution >= 4 is 11.9 Å². The van der Waals surface area contributed by atoms with Crippen molar-refractivity contribution in [3.8, 4) is 0 Å². The van der Waals surface area contributed by atoms with Crippen molar-refractivity contribution in [2.24, 2.45) is 0 Å². The van der Waals surface area contributed by atoms with Crippen LogP contribution in [-0.4, -0.2) is 53.9 Å². The molecule has 0 saturated carbocycles. The van der Waals surface area contributed by atoms with Crippen LogP contribution in [0.4, 0.5) is 0 Å². The number of aliphatic hydroxyl groups is 1. The van der Waals surface area contributed by atoms with Crippen LogP contribution in [0.15, 0.2) is 24.5 Å². The molecule has 1 aromatic heterocycles. The molecule has 0 bridgehead atoms. The number of hydrogen-bond donors (Lipinski definition) is 2. The first-order valence-corrected chi connectivity index (χ1v) is 7.63. The highest BCUT2D eigenvalue weighted by Gasteiger charge is 2.32. The van der Waals surface area contributed by atoms with Gasteiger partial charge in [-0.15, -0.1) is 0 Å². The fraction of sp³-hybridized carbons (Fsp3) is 0.562. The van der Waals surface area contributed by atoms with Gasteiger partial charge in [0.25, 0.3) is 0 Å². The molecule has 2 heterocycles. The molecule has 23 heavy (non-hydrogen) atoms. The number of aliphatic hydroxyl groups excluding tert-OH is 1. The Morgan fingerprint density at radius 2 is 2.30 bits per heavy atom. The zero-order valence-corrected chi connectivity index (χ0v) is 13.1. The molecular weight excluding hydrogens is 300 g/mol. The van der Waals surface area contributed by atoms with E-state index in [0.29, 0.717) is 12.8 Å². The second-order valence-electron chi connectivity index (χ2n) is 5.55. The summed E-state index contributed by atoms with van der Waals surface area (Å²) in [5, 5.41) is 12.4. The van der Waals surface area contributed by atoms with Gasteiger partial charge in [-0.3, -0.25) is 14.6 Å². The number of amides is 1. The Balaban J connectivity index is 1.85. The van der Waals surface area contributed by atoms with Crippen LogP contribution >= 0.6 is 0 Å². The predicted molar refractivity (Wildman–Crippen MR) is 81.5 cm³/mol. The maximum Gasteiger partial charge on any atom is 0.308 e. The highest BCUT2D eigenvalue weighted by Crippen LogP contribution is 2.22. The topological polar surface area (TPSA) is 97.8 Å². The molecule has 2 N–H and O–H groups in total. The molecule has 0 unspecified atom stereocenters. The number of nitrogens with one attached hydrogen (secondary N) is 1. The van der Waals surface area contributed by atoms with E-state index in [9.17, 15) is 14.7 Å². The van der Waals surface area contributed by atoms with E-state index < -0.39 is 6.10 Å². The average Bonchev–Trinajstić information content (AvgIpc) is 2.56. The van der Waals surface area contributed by atoms with Gasteiger partial charge in [-0.25, -0.2) is 0 Å². The second kappa shape index (κ2) is 8.59. The summed E-state index contributed by atoms with van der Waals surface area (Å²) >= 11 is 0. The molecular formula is C16H22N2O5. The highest BCUT2D eigenvalue weighted by molar-refractivity contribution is 5.78. The number of rotatable bonds is 6. The number of esters is 1. The lowest BCUT2D eigenvalue weighted by atomic mass is 9.97. The Kier molecular flexibility index (Phi) is 6.49. The third-order valence-electron chi connectivity index (χ3n) is 3.85. The van der Waals surface area contributed by atoms with Crippen molar-refractivity contribution in [3.63, 3.8) is 0 Å². The molecule has 3 atom stereocenters. The SMILES string of the molecule is COC(=O)C[C@H]1CC[C@@H](NC(=O)Cc2cccnc2)[C@@H](CO)O1. The van der Waals surface area contributed by atoms with Gasteiger partial charge in [-0.1, -0.05) is 6.07 Å². The minimum absolute atomic E-state index is 0.142. The lowest BCUT2D eigenvalue weighted by Gasteiger charge is -2.35. The van der Waals surface area contributed by atoms with Gasteiger partial charge in [0, 0.05) is 12.4 Å². The molecule has 1 aromatic rings. The van der Waals surface area contributed by atoms with Gasteiger partial charge in [0.2, 0.25) is 5.91 Å². The van der Waals surface area contributed by atoms with Crippen molar-refractivity contribution in [2.75, 3.05) is 13.7 Å². The third kappa shape index (κ3) is 5.30. The maximum absolute atomic E-state index is 12.1. The lowest BCUT2D eigenvalue weighted by Crippen LogP contribution is -2.51. The molecule has 1 aliphatic heterocycles. The lowest BCUT2D eigenvalue weighted by molar-refractivity contribution is -0.150. The van der Waals surface area contributed by atoms with Crippen molar-refractivity contribution < 1.29 is 24.2 Å². The van der Waals surface area contributed by atoms with E-state index in [1.165, 1.54) is 7.11 Å². The molecule has 2 rings (SSSR count). The van der Waals surface area contributed by atoms with Gasteiger partial charge in [-0.05, 0) is 24.5 Å². The van der Waals surface area contributed by atoms with Crippen LogP contribution in [0.2, 0.25) is 0 Å². The fourth-order valence-electron chi connectivity index (χ4n) is 2.66. The third-order valence-corrected chi connectivity index (χ3v) is 3.85. The van der Waals surface area contributed by atoms with Crippen molar-refractivity contribution in [3.05, 3.63) is 30.1 Å². The largest absolute Gasteiger partial charge is 0.469 e. The van der Waals surface area contributed by atoms with E-state index >= 15 is 0 Å². The van der Waals surface area contributed by atoms with Crippen molar-refractivity contribution in [1.29, 1.82) is 0 Å². The highest BCUT2D eigenvalue weighted by atomic mass is 16.5. The molecule has 126 valence electrons. The number of hydrogen-bond acceptors (Lipinski definition) is 6. The summed E-state index contributed by atoms with van der Waals surface area (Å²) in [5.41, 5.74) is 0.825. The molecule has 0 radical (unpaired) electrons. The van der Waals surface area contributed by atoms with Crippen LogP contribution in [0, 0.1) is 0 Å². The van der Waals surface area contributed by atoms with E-state index in [-0.39, 0.29) is 43.5 Å². The Morgan fingerprint density at radius 3 is 2.96 bits per heavy atom. The summed E-state index contributed by atoms with van der Waals surface area (Å²) in [5.74, 6) is -0.484. The Hall–Kier alpha value is -1.99. The molecule has 1 amide bonds. The summed E-state index contributed by atoms with van der Waals surface area (Å²) in [4.78, 5) is 27.4. The standard InChI is InChI=1S/C16H22N2O5/c1-22-16(21)8-12-4-5-13(14(10-19)23-12)18-15(20)7-11-3-2-6-17-9-11/h2-3,6,9,12-14,19H,4-5,7-8,10H2,1H3,(H,18,20)/t12-,13-,14-/m1/s1. The second-order valence-corrected chi connectivity index (χ2v) is 5.55. The molecule has 0 aliphatic carbocycles. The molecule has 0 spiro atoms. The molecule has 0 aromatic carbocycles. The normalized spacial score (nSPS) is 24.0. The van der Waals surface area contributed by atoms with Crippen LogP contribution < -0.4 is 5.32 Å². The predicted octanol–water partition coefficient (Wildman–Crippen LogP) is 0.212. The molecule has 1 saturated heterocycles. The summed E-state index contributed by atoms with van der Waals surface area (Å²) < 4.78 is 10.3. The summed E-state index contributed by atoms with van der Waals surface area (Å²) in [6.45, 7) is -0.213. The maximum atomic E-state index is 12.1. The van der Waals surface area contributed by atoms with Gasteiger partial charge in [0.05, 0.1) is 38.7 Å². The Bertz CT molecular complexity index is 522. The number of methoxy groups -OCH3 is 1. The Morgan fingerprint density at radius 1 is 1.48 bits per heavy atom. The zero-order valence-electron chi connectivity index (χ0n) is 13.1. The summed E-state index contributed by atoms with van der Waals surface area (Å²) in [7, 11) is 1.33. The average molecular weight is 322 g/mol. The molecule has 7 heteroatoms. The smallest absolute Gasteiger partial charge is 0.308 e. The Labute approximate surface area is 135 Å². The van der Waals surface area contributed by atoms with E-state index in [1.807, 2.05) is 6.07 Å². The number of pyridine rings is 1. The first-order valence-electron chi connectivity index (χ1n) is 7.63. The first kappa shape index (κ1) is 17.4. The van der Waals surface area contributed by atoms with Gasteiger partial charge < -0.3 is 19.9 Å². The van der Waals surface area contributed by atoms with Crippen LogP contribution in [0.5, 0.6) is 0 Å². The molecule has 7 nitrogen and oxygen atoms in total. The number of carbonyl (C=O) groups excluding carboxylic acids is 2. The van der Waals surface area contributed by atoms with Gasteiger partial charge in [-0.2, -0.15) is 0 Å². The van der Waals surface area contributed by atoms with E-state index in [1.54, 1.807) is 18.5 Å². The minimum atomic E-state index is -0.517. The van der Waals surface area contributed by atoms with Crippen LogP contribution in [0.3, 0.4) is 0 Å². The van der Waals surface area contributed by atoms with Crippen LogP contribution in [-0.2, 0) is 25.5 Å². The van der Waals surface area contributed by atoms with Crippen LogP contribution in [0.25, 0.3) is 0 Å². The monoisotopic (exact) mass is 322 g/mol. The summed E-state index contributed by atoms with van der Waals surface area (Å²) in [6.07, 6.45) is 4.15. The number of nitrogens with zero attached hydrogens (tertiary/aromatic N) is 1. The van der Waals surface area contributed by atoms with Crippen molar-refractivity contribution in [2.45, 2.75) is 43.9 Å². The summed E-state index contributed by atoms with van der Waals surface area (Å²) in [6, 6.07) is 3.35. The quantitative estimate of drug-likeness (QED) is 0.727. The zero-order chi connectivity index (χ0) is 16.7. The van der Waals surface area contributed by atoms with Crippen molar-refractivity contribution in [1.82, 2.24) is 10.3 Å². The van der Waals surface area contributed by atoms with E-state index in [0.717, 1.165) is 5.56 Å². The number of aromatic nitrogens is 1. The number of carbonyl (C=O) groups is 2. The van der Waals surface area contributed by atoms with E-state index in [4.69, 9.17) is 4.74 Å². The van der Waals surface area contributed by atoms with Gasteiger partial charge >= 0.3 is 5.97 Å². The minimum Gasteiger partial charge on any atom is -0.469 e. The molecule has 1 fully saturated rings. The first-order chi connectivity index (χ1) is 11.1. The molecule has 1 aliphatic rings.